The summed E-state index contributed by atoms with van der Waals surface area (Å²) in [4.78, 5) is 28.7. The van der Waals surface area contributed by atoms with E-state index in [0.717, 1.165) is 24.2 Å². The third-order valence-corrected chi connectivity index (χ3v) is 6.58. The largest absolute Gasteiger partial charge is 0.396 e. The first-order chi connectivity index (χ1) is 15.9. The van der Waals surface area contributed by atoms with Crippen LogP contribution in [-0.4, -0.2) is 57.2 Å². The predicted molar refractivity (Wildman–Crippen MR) is 124 cm³/mol. The zero-order chi connectivity index (χ0) is 23.6. The molecule has 0 saturated carbocycles. The molecule has 2 atom stereocenters. The molecule has 9 nitrogen and oxygen atoms in total. The van der Waals surface area contributed by atoms with E-state index in [9.17, 15) is 14.7 Å². The summed E-state index contributed by atoms with van der Waals surface area (Å²) in [6, 6.07) is 5.46. The molecule has 0 unspecified atom stereocenters. The maximum atomic E-state index is 13.1. The molecule has 2 amide bonds. The third-order valence-electron chi connectivity index (χ3n) is 6.58. The molecule has 2 aromatic rings. The third kappa shape index (κ3) is 4.30. The van der Waals surface area contributed by atoms with Crippen LogP contribution in [0.25, 0.3) is 0 Å². The molecule has 1 fully saturated rings. The molecule has 9 heteroatoms. The summed E-state index contributed by atoms with van der Waals surface area (Å²) in [5, 5.41) is 28.6. The maximum absolute atomic E-state index is 13.1. The predicted octanol–water partition coefficient (Wildman–Crippen LogP) is 1.78. The summed E-state index contributed by atoms with van der Waals surface area (Å²) in [5.41, 5.74) is 0.962. The standard InChI is InChI=1S/C24H31N5O4/c1-17(7-3-5-12-28-16-18(11-14-30)25-26-28)24(33)20-15-19(29-13-6-4-8-22(29)31)9-10-21(20)27(2)23(24)32/h3,7,9-10,15-17,30,33H,4-6,8,11-14H2,1-2H3/b7-3+/t17-,24+/m1/s1. The van der Waals surface area contributed by atoms with Gasteiger partial charge in [-0.3, -0.25) is 14.3 Å². The van der Waals surface area contributed by atoms with E-state index in [-0.39, 0.29) is 18.4 Å². The number of aryl methyl sites for hydroxylation is 1. The van der Waals surface area contributed by atoms with E-state index in [1.807, 2.05) is 31.2 Å². The minimum Gasteiger partial charge on any atom is -0.396 e. The van der Waals surface area contributed by atoms with Gasteiger partial charge in [0.15, 0.2) is 5.60 Å². The molecule has 2 aliphatic rings. The molecule has 176 valence electrons. The Hall–Kier alpha value is -3.04. The van der Waals surface area contributed by atoms with Gasteiger partial charge in [-0.25, -0.2) is 0 Å². The van der Waals surface area contributed by atoms with E-state index in [2.05, 4.69) is 10.3 Å². The number of piperidine rings is 1. The number of likely N-dealkylation sites (N-methyl/N-ethyl adjacent to an activating group) is 1. The lowest BCUT2D eigenvalue weighted by atomic mass is 9.82. The number of aromatic nitrogens is 3. The van der Waals surface area contributed by atoms with Gasteiger partial charge in [0, 0.05) is 63.0 Å². The Bertz CT molecular complexity index is 1060. The van der Waals surface area contributed by atoms with Crippen LogP contribution in [0.15, 0.2) is 36.5 Å². The van der Waals surface area contributed by atoms with Gasteiger partial charge in [0.05, 0.1) is 11.4 Å². The molecule has 0 radical (unpaired) electrons. The number of amides is 2. The van der Waals surface area contributed by atoms with Crippen molar-refractivity contribution in [3.63, 3.8) is 0 Å². The van der Waals surface area contributed by atoms with Gasteiger partial charge in [-0.1, -0.05) is 24.3 Å². The Kier molecular flexibility index (Phi) is 6.62. The van der Waals surface area contributed by atoms with Crippen molar-refractivity contribution < 1.29 is 19.8 Å². The summed E-state index contributed by atoms with van der Waals surface area (Å²) in [6.07, 6.45) is 9.07. The number of anilines is 2. The van der Waals surface area contributed by atoms with Crippen molar-refractivity contribution in [1.82, 2.24) is 15.0 Å². The average molecular weight is 454 g/mol. The van der Waals surface area contributed by atoms with E-state index in [4.69, 9.17) is 5.11 Å². The van der Waals surface area contributed by atoms with Crippen LogP contribution in [0.3, 0.4) is 0 Å². The first-order valence-electron chi connectivity index (χ1n) is 11.5. The second-order valence-corrected chi connectivity index (χ2v) is 8.79. The quantitative estimate of drug-likeness (QED) is 0.590. The van der Waals surface area contributed by atoms with Gasteiger partial charge in [0.1, 0.15) is 0 Å². The Morgan fingerprint density at radius 2 is 2.09 bits per heavy atom. The van der Waals surface area contributed by atoms with Crippen molar-refractivity contribution >= 4 is 23.2 Å². The molecule has 4 rings (SSSR count). The summed E-state index contributed by atoms with van der Waals surface area (Å²) in [7, 11) is 1.66. The fraction of sp³-hybridized carbons (Fsp3) is 0.500. The zero-order valence-corrected chi connectivity index (χ0v) is 19.1. The van der Waals surface area contributed by atoms with E-state index >= 15 is 0 Å². The molecule has 3 heterocycles. The number of rotatable bonds is 8. The molecule has 0 bridgehead atoms. The Balaban J connectivity index is 1.51. The fourth-order valence-electron chi connectivity index (χ4n) is 4.61. The highest BCUT2D eigenvalue weighted by atomic mass is 16.3. The minimum atomic E-state index is -1.70. The highest BCUT2D eigenvalue weighted by molar-refractivity contribution is 6.07. The van der Waals surface area contributed by atoms with Crippen LogP contribution >= 0.6 is 0 Å². The number of aliphatic hydroxyl groups is 2. The Labute approximate surface area is 193 Å². The lowest BCUT2D eigenvalue weighted by molar-refractivity contribution is -0.139. The number of carbonyl (C=O) groups is 2. The number of hydrogen-bond donors (Lipinski definition) is 2. The first-order valence-corrected chi connectivity index (χ1v) is 11.5. The van der Waals surface area contributed by atoms with Crippen molar-refractivity contribution in [2.24, 2.45) is 5.92 Å². The van der Waals surface area contributed by atoms with Gasteiger partial charge < -0.3 is 20.0 Å². The number of allylic oxidation sites excluding steroid dienone is 1. The summed E-state index contributed by atoms with van der Waals surface area (Å²) < 4.78 is 1.71. The van der Waals surface area contributed by atoms with Crippen LogP contribution in [0, 0.1) is 5.92 Å². The van der Waals surface area contributed by atoms with Crippen molar-refractivity contribution in [3.8, 4) is 0 Å². The molecule has 33 heavy (non-hydrogen) atoms. The number of fused-ring (bicyclic) bond motifs is 1. The van der Waals surface area contributed by atoms with Crippen molar-refractivity contribution in [2.75, 3.05) is 30.0 Å². The first kappa shape index (κ1) is 23.1. The van der Waals surface area contributed by atoms with E-state index in [1.165, 1.54) is 4.90 Å². The SMILES string of the molecule is C[C@H](/C=C/CCn1cc(CCO)nn1)[C@@]1(O)C(=O)N(C)c2ccc(N3CCCCC3=O)cc21. The minimum absolute atomic E-state index is 0.0340. The molecule has 0 aliphatic carbocycles. The molecule has 0 spiro atoms. The van der Waals surface area contributed by atoms with Crippen LogP contribution in [0.5, 0.6) is 0 Å². The number of hydrogen-bond acceptors (Lipinski definition) is 6. The normalized spacial score (nSPS) is 21.8. The number of benzene rings is 1. The zero-order valence-electron chi connectivity index (χ0n) is 19.1. The molecule has 1 aromatic heterocycles. The van der Waals surface area contributed by atoms with Crippen molar-refractivity contribution in [1.29, 1.82) is 0 Å². The number of aliphatic hydroxyl groups excluding tert-OH is 1. The van der Waals surface area contributed by atoms with Crippen molar-refractivity contribution in [3.05, 3.63) is 47.8 Å². The van der Waals surface area contributed by atoms with E-state index in [1.54, 1.807) is 28.9 Å². The van der Waals surface area contributed by atoms with Crippen LogP contribution in [0.4, 0.5) is 11.4 Å². The van der Waals surface area contributed by atoms with E-state index in [0.29, 0.717) is 43.6 Å². The average Bonchev–Trinajstić information content (AvgIpc) is 3.34. The number of carbonyl (C=O) groups excluding carboxylic acids is 2. The van der Waals surface area contributed by atoms with Crippen LogP contribution < -0.4 is 9.80 Å². The second-order valence-electron chi connectivity index (χ2n) is 8.79. The van der Waals surface area contributed by atoms with Gasteiger partial charge in [-0.15, -0.1) is 5.10 Å². The molecule has 1 saturated heterocycles. The van der Waals surface area contributed by atoms with Crippen LogP contribution in [0.2, 0.25) is 0 Å². The smallest absolute Gasteiger partial charge is 0.264 e. The highest BCUT2D eigenvalue weighted by Crippen LogP contribution is 2.46. The fourth-order valence-corrected chi connectivity index (χ4v) is 4.61. The monoisotopic (exact) mass is 453 g/mol. The maximum Gasteiger partial charge on any atom is 0.264 e. The lowest BCUT2D eigenvalue weighted by Gasteiger charge is -2.29. The molecular weight excluding hydrogens is 422 g/mol. The van der Waals surface area contributed by atoms with E-state index < -0.39 is 11.5 Å². The van der Waals surface area contributed by atoms with Crippen LogP contribution in [-0.2, 0) is 28.2 Å². The Morgan fingerprint density at radius 3 is 2.85 bits per heavy atom. The van der Waals surface area contributed by atoms with Gasteiger partial charge in [-0.2, -0.15) is 0 Å². The highest BCUT2D eigenvalue weighted by Gasteiger charge is 2.51. The van der Waals surface area contributed by atoms with Gasteiger partial charge in [-0.05, 0) is 37.5 Å². The summed E-state index contributed by atoms with van der Waals surface area (Å²) in [6.45, 7) is 3.11. The van der Waals surface area contributed by atoms with Crippen molar-refractivity contribution in [2.45, 2.75) is 51.2 Å². The summed E-state index contributed by atoms with van der Waals surface area (Å²) >= 11 is 0. The van der Waals surface area contributed by atoms with Crippen LogP contribution in [0.1, 0.15) is 43.9 Å². The Morgan fingerprint density at radius 1 is 1.27 bits per heavy atom. The van der Waals surface area contributed by atoms with Gasteiger partial charge in [0.25, 0.3) is 5.91 Å². The molecule has 1 aromatic carbocycles. The second kappa shape index (κ2) is 9.44. The lowest BCUT2D eigenvalue weighted by Crippen LogP contribution is -2.43. The van der Waals surface area contributed by atoms with Gasteiger partial charge in [0.2, 0.25) is 5.91 Å². The number of nitrogens with zero attached hydrogens (tertiary/aromatic N) is 5. The van der Waals surface area contributed by atoms with Gasteiger partial charge >= 0.3 is 0 Å². The molecule has 2 N–H and O–H groups in total. The topological polar surface area (TPSA) is 112 Å². The molecular formula is C24H31N5O4. The summed E-state index contributed by atoms with van der Waals surface area (Å²) in [5.74, 6) is -0.769. The molecule has 2 aliphatic heterocycles.